The fourth-order valence-corrected chi connectivity index (χ4v) is 2.92. The predicted octanol–water partition coefficient (Wildman–Crippen LogP) is 3.62. The van der Waals surface area contributed by atoms with Gasteiger partial charge in [-0.05, 0) is 43.2 Å². The molecule has 1 amide bonds. The zero-order chi connectivity index (χ0) is 17.6. The molecule has 2 aromatic carbocycles. The van der Waals surface area contributed by atoms with Crippen LogP contribution in [0.2, 0.25) is 0 Å². The molecule has 4 heteroatoms. The molecule has 0 radical (unpaired) electrons. The van der Waals surface area contributed by atoms with Crippen molar-refractivity contribution in [3.05, 3.63) is 59.7 Å². The van der Waals surface area contributed by atoms with Crippen molar-refractivity contribution >= 4 is 5.91 Å². The van der Waals surface area contributed by atoms with Gasteiger partial charge in [-0.1, -0.05) is 36.8 Å². The Bertz CT molecular complexity index is 694. The molecule has 1 atom stereocenters. The highest BCUT2D eigenvalue weighted by atomic mass is 16.5. The molecule has 1 aliphatic heterocycles. The first-order valence-corrected chi connectivity index (χ1v) is 8.87. The van der Waals surface area contributed by atoms with Gasteiger partial charge in [-0.3, -0.25) is 4.79 Å². The Balaban J connectivity index is 1.46. The smallest absolute Gasteiger partial charge is 0.260 e. The van der Waals surface area contributed by atoms with Gasteiger partial charge in [-0.25, -0.2) is 0 Å². The monoisotopic (exact) mass is 339 g/mol. The SMILES string of the molecule is CCc1ccc(OCC(=O)N2CC[C@H](Oc3ccc(C)cc3)C2)cc1. The van der Waals surface area contributed by atoms with Crippen LogP contribution in [0.15, 0.2) is 48.5 Å². The molecule has 0 aromatic heterocycles. The van der Waals surface area contributed by atoms with Gasteiger partial charge in [0, 0.05) is 13.0 Å². The molecule has 0 saturated carbocycles. The number of carbonyl (C=O) groups is 1. The van der Waals surface area contributed by atoms with E-state index in [1.807, 2.05) is 53.4 Å². The van der Waals surface area contributed by atoms with Gasteiger partial charge in [0.15, 0.2) is 6.61 Å². The Morgan fingerprint density at radius 2 is 1.76 bits per heavy atom. The third kappa shape index (κ3) is 4.75. The highest BCUT2D eigenvalue weighted by Gasteiger charge is 2.27. The topological polar surface area (TPSA) is 38.8 Å². The second-order valence-electron chi connectivity index (χ2n) is 6.47. The second kappa shape index (κ2) is 8.06. The van der Waals surface area contributed by atoms with Gasteiger partial charge in [0.05, 0.1) is 6.54 Å². The summed E-state index contributed by atoms with van der Waals surface area (Å²) in [5.41, 5.74) is 2.47. The zero-order valence-electron chi connectivity index (χ0n) is 14.9. The number of amides is 1. The third-order valence-electron chi connectivity index (χ3n) is 4.52. The number of nitrogens with zero attached hydrogens (tertiary/aromatic N) is 1. The molecule has 1 saturated heterocycles. The molecule has 1 fully saturated rings. The molecular formula is C21H25NO3. The zero-order valence-corrected chi connectivity index (χ0v) is 14.9. The Morgan fingerprint density at radius 3 is 2.44 bits per heavy atom. The summed E-state index contributed by atoms with van der Waals surface area (Å²) in [4.78, 5) is 14.1. The van der Waals surface area contributed by atoms with Gasteiger partial charge in [0.25, 0.3) is 5.91 Å². The normalized spacial score (nSPS) is 16.7. The van der Waals surface area contributed by atoms with Gasteiger partial charge >= 0.3 is 0 Å². The molecule has 0 bridgehead atoms. The number of hydrogen-bond acceptors (Lipinski definition) is 3. The lowest BCUT2D eigenvalue weighted by atomic mass is 10.2. The van der Waals surface area contributed by atoms with Crippen LogP contribution in [-0.2, 0) is 11.2 Å². The van der Waals surface area contributed by atoms with Crippen LogP contribution in [0, 0.1) is 6.92 Å². The standard InChI is InChI=1S/C21H25NO3/c1-3-17-6-10-18(11-7-17)24-15-21(23)22-13-12-20(14-22)25-19-8-4-16(2)5-9-19/h4-11,20H,3,12-15H2,1-2H3/t20-/m0/s1. The first-order chi connectivity index (χ1) is 12.1. The number of carbonyl (C=O) groups excluding carboxylic acids is 1. The van der Waals surface area contributed by atoms with Crippen molar-refractivity contribution < 1.29 is 14.3 Å². The second-order valence-corrected chi connectivity index (χ2v) is 6.47. The third-order valence-corrected chi connectivity index (χ3v) is 4.52. The van der Waals surface area contributed by atoms with Crippen molar-refractivity contribution in [1.29, 1.82) is 0 Å². The lowest BCUT2D eigenvalue weighted by Gasteiger charge is -2.17. The molecule has 0 unspecified atom stereocenters. The Kier molecular flexibility index (Phi) is 5.59. The van der Waals surface area contributed by atoms with Crippen LogP contribution in [0.4, 0.5) is 0 Å². The molecule has 3 rings (SSSR count). The summed E-state index contributed by atoms with van der Waals surface area (Å²) in [5, 5.41) is 0. The fourth-order valence-electron chi connectivity index (χ4n) is 2.92. The van der Waals surface area contributed by atoms with Crippen LogP contribution < -0.4 is 9.47 Å². The largest absolute Gasteiger partial charge is 0.489 e. The Morgan fingerprint density at radius 1 is 1.08 bits per heavy atom. The van der Waals surface area contributed by atoms with Crippen LogP contribution in [0.25, 0.3) is 0 Å². The number of benzene rings is 2. The lowest BCUT2D eigenvalue weighted by molar-refractivity contribution is -0.132. The van der Waals surface area contributed by atoms with E-state index in [1.54, 1.807) is 0 Å². The van der Waals surface area contributed by atoms with E-state index in [-0.39, 0.29) is 18.6 Å². The van der Waals surface area contributed by atoms with Crippen LogP contribution in [-0.4, -0.2) is 36.6 Å². The van der Waals surface area contributed by atoms with Crippen LogP contribution >= 0.6 is 0 Å². The molecule has 2 aromatic rings. The molecular weight excluding hydrogens is 314 g/mol. The molecule has 1 aliphatic rings. The summed E-state index contributed by atoms with van der Waals surface area (Å²) in [6, 6.07) is 15.9. The summed E-state index contributed by atoms with van der Waals surface area (Å²) < 4.78 is 11.6. The molecule has 25 heavy (non-hydrogen) atoms. The average Bonchev–Trinajstić information content (AvgIpc) is 3.10. The van der Waals surface area contributed by atoms with Gasteiger partial charge < -0.3 is 14.4 Å². The number of hydrogen-bond donors (Lipinski definition) is 0. The summed E-state index contributed by atoms with van der Waals surface area (Å²) >= 11 is 0. The van der Waals surface area contributed by atoms with Crippen LogP contribution in [0.5, 0.6) is 11.5 Å². The van der Waals surface area contributed by atoms with Crippen LogP contribution in [0.1, 0.15) is 24.5 Å². The van der Waals surface area contributed by atoms with Crippen molar-refractivity contribution in [2.45, 2.75) is 32.8 Å². The highest BCUT2D eigenvalue weighted by molar-refractivity contribution is 5.78. The maximum Gasteiger partial charge on any atom is 0.260 e. The highest BCUT2D eigenvalue weighted by Crippen LogP contribution is 2.19. The van der Waals surface area contributed by atoms with Crippen molar-refractivity contribution in [2.24, 2.45) is 0 Å². The summed E-state index contributed by atoms with van der Waals surface area (Å²) in [5.74, 6) is 1.60. The van der Waals surface area contributed by atoms with Crippen molar-refractivity contribution in [2.75, 3.05) is 19.7 Å². The molecule has 0 N–H and O–H groups in total. The van der Waals surface area contributed by atoms with E-state index in [9.17, 15) is 4.79 Å². The number of ether oxygens (including phenoxy) is 2. The molecule has 132 valence electrons. The number of aryl methyl sites for hydroxylation is 2. The van der Waals surface area contributed by atoms with E-state index in [4.69, 9.17) is 9.47 Å². The molecule has 0 aliphatic carbocycles. The number of rotatable bonds is 6. The first kappa shape index (κ1) is 17.3. The Labute approximate surface area is 149 Å². The van der Waals surface area contributed by atoms with E-state index < -0.39 is 0 Å². The Hall–Kier alpha value is -2.49. The average molecular weight is 339 g/mol. The van der Waals surface area contributed by atoms with E-state index in [0.29, 0.717) is 13.1 Å². The molecule has 1 heterocycles. The van der Waals surface area contributed by atoms with Gasteiger partial charge in [0.1, 0.15) is 17.6 Å². The minimum atomic E-state index is 0.00886. The molecule has 0 spiro atoms. The maximum atomic E-state index is 12.3. The first-order valence-electron chi connectivity index (χ1n) is 8.87. The minimum Gasteiger partial charge on any atom is -0.489 e. The summed E-state index contributed by atoms with van der Waals surface area (Å²) in [6.45, 7) is 5.57. The summed E-state index contributed by atoms with van der Waals surface area (Å²) in [6.07, 6.45) is 1.90. The van der Waals surface area contributed by atoms with E-state index in [0.717, 1.165) is 24.3 Å². The van der Waals surface area contributed by atoms with Gasteiger partial charge in [-0.2, -0.15) is 0 Å². The van der Waals surface area contributed by atoms with E-state index >= 15 is 0 Å². The lowest BCUT2D eigenvalue weighted by Crippen LogP contribution is -2.34. The quantitative estimate of drug-likeness (QED) is 0.807. The molecule has 4 nitrogen and oxygen atoms in total. The van der Waals surface area contributed by atoms with E-state index in [2.05, 4.69) is 13.8 Å². The maximum absolute atomic E-state index is 12.3. The van der Waals surface area contributed by atoms with Crippen LogP contribution in [0.3, 0.4) is 0 Å². The predicted molar refractivity (Wildman–Crippen MR) is 98.1 cm³/mol. The van der Waals surface area contributed by atoms with Crippen molar-refractivity contribution in [1.82, 2.24) is 4.90 Å². The minimum absolute atomic E-state index is 0.00886. The summed E-state index contributed by atoms with van der Waals surface area (Å²) in [7, 11) is 0. The van der Waals surface area contributed by atoms with Gasteiger partial charge in [0.2, 0.25) is 0 Å². The van der Waals surface area contributed by atoms with Crippen molar-refractivity contribution in [3.63, 3.8) is 0 Å². The number of likely N-dealkylation sites (tertiary alicyclic amines) is 1. The van der Waals surface area contributed by atoms with E-state index in [1.165, 1.54) is 11.1 Å². The van der Waals surface area contributed by atoms with Crippen molar-refractivity contribution in [3.8, 4) is 11.5 Å². The van der Waals surface area contributed by atoms with Gasteiger partial charge in [-0.15, -0.1) is 0 Å². The fraction of sp³-hybridized carbons (Fsp3) is 0.381.